The molecule has 0 unspecified atom stereocenters. The van der Waals surface area contributed by atoms with Gasteiger partial charge in [-0.2, -0.15) is 0 Å². The van der Waals surface area contributed by atoms with Crippen molar-refractivity contribution in [3.8, 4) is 5.75 Å². The topological polar surface area (TPSA) is 42.4 Å². The molecule has 3 aromatic rings. The molecule has 0 aliphatic carbocycles. The zero-order valence-corrected chi connectivity index (χ0v) is 16.1. The smallest absolute Gasteiger partial charge is 0.185 e. The van der Waals surface area contributed by atoms with Crippen molar-refractivity contribution in [3.63, 3.8) is 0 Å². The first-order valence-corrected chi connectivity index (χ1v) is 9.76. The molecule has 1 aromatic heterocycles. The van der Waals surface area contributed by atoms with Crippen LogP contribution in [0.25, 0.3) is 17.0 Å². The number of anilines is 1. The van der Waals surface area contributed by atoms with E-state index in [0.29, 0.717) is 5.56 Å². The van der Waals surface area contributed by atoms with Gasteiger partial charge in [0, 0.05) is 29.6 Å². The fraction of sp³-hybridized carbons (Fsp3) is 0.250. The Labute approximate surface area is 165 Å². The van der Waals surface area contributed by atoms with E-state index >= 15 is 0 Å². The molecular formula is C24H24N2O2. The highest BCUT2D eigenvalue weighted by molar-refractivity contribution is 6.07. The van der Waals surface area contributed by atoms with E-state index in [2.05, 4.69) is 17.0 Å². The Kier molecular flexibility index (Phi) is 5.38. The second-order valence-corrected chi connectivity index (χ2v) is 7.07. The lowest BCUT2D eigenvalue weighted by Gasteiger charge is -2.29. The average Bonchev–Trinajstić information content (AvgIpc) is 2.77. The van der Waals surface area contributed by atoms with E-state index in [0.717, 1.165) is 41.1 Å². The van der Waals surface area contributed by atoms with Gasteiger partial charge in [0.05, 0.1) is 12.6 Å². The maximum atomic E-state index is 12.6. The Morgan fingerprint density at radius 2 is 1.79 bits per heavy atom. The first-order valence-electron chi connectivity index (χ1n) is 9.76. The lowest BCUT2D eigenvalue weighted by atomic mass is 10.1. The zero-order valence-electron chi connectivity index (χ0n) is 16.1. The highest BCUT2D eigenvalue weighted by atomic mass is 16.5. The van der Waals surface area contributed by atoms with E-state index in [4.69, 9.17) is 9.72 Å². The van der Waals surface area contributed by atoms with Crippen LogP contribution in [0, 0.1) is 0 Å². The number of benzene rings is 2. The van der Waals surface area contributed by atoms with Gasteiger partial charge in [-0.25, -0.2) is 4.98 Å². The number of rotatable bonds is 5. The van der Waals surface area contributed by atoms with Crippen molar-refractivity contribution in [2.45, 2.75) is 19.3 Å². The van der Waals surface area contributed by atoms with E-state index in [9.17, 15) is 4.79 Å². The molecule has 1 fully saturated rings. The van der Waals surface area contributed by atoms with Crippen LogP contribution < -0.4 is 9.64 Å². The van der Waals surface area contributed by atoms with Gasteiger partial charge in [-0.15, -0.1) is 0 Å². The van der Waals surface area contributed by atoms with Gasteiger partial charge in [0.15, 0.2) is 5.78 Å². The summed E-state index contributed by atoms with van der Waals surface area (Å²) in [5.74, 6) is 1.68. The fourth-order valence-corrected chi connectivity index (χ4v) is 3.62. The summed E-state index contributed by atoms with van der Waals surface area (Å²) >= 11 is 0. The van der Waals surface area contributed by atoms with Crippen LogP contribution in [0.4, 0.5) is 5.82 Å². The average molecular weight is 372 g/mol. The molecule has 142 valence electrons. The third kappa shape index (κ3) is 3.91. The predicted molar refractivity (Wildman–Crippen MR) is 114 cm³/mol. The number of ether oxygens (including phenoxy) is 1. The molecule has 0 amide bonds. The van der Waals surface area contributed by atoms with E-state index in [-0.39, 0.29) is 5.78 Å². The van der Waals surface area contributed by atoms with E-state index in [1.165, 1.54) is 19.3 Å². The van der Waals surface area contributed by atoms with Crippen LogP contribution >= 0.6 is 0 Å². The SMILES string of the molecule is COc1ccc(C(=O)/C=C/c2cc3ccccc3nc2N2CCCCC2)cc1. The summed E-state index contributed by atoms with van der Waals surface area (Å²) in [4.78, 5) is 19.9. The number of fused-ring (bicyclic) bond motifs is 1. The molecule has 1 saturated heterocycles. The molecule has 2 aromatic carbocycles. The Morgan fingerprint density at radius 3 is 2.54 bits per heavy atom. The minimum atomic E-state index is -0.0274. The Morgan fingerprint density at radius 1 is 1.04 bits per heavy atom. The van der Waals surface area contributed by atoms with Crippen molar-refractivity contribution in [1.82, 2.24) is 4.98 Å². The highest BCUT2D eigenvalue weighted by Gasteiger charge is 2.16. The minimum absolute atomic E-state index is 0.0274. The summed E-state index contributed by atoms with van der Waals surface area (Å²) in [6, 6.07) is 17.4. The van der Waals surface area contributed by atoms with E-state index in [1.807, 2.05) is 24.3 Å². The first kappa shape index (κ1) is 18.2. The van der Waals surface area contributed by atoms with E-state index < -0.39 is 0 Å². The molecule has 4 heteroatoms. The van der Waals surface area contributed by atoms with Gasteiger partial charge in [-0.1, -0.05) is 18.2 Å². The number of pyridine rings is 1. The Bertz CT molecular complexity index is 1000. The Balaban J connectivity index is 1.67. The summed E-state index contributed by atoms with van der Waals surface area (Å²) in [6.07, 6.45) is 7.17. The van der Waals surface area contributed by atoms with Crippen molar-refractivity contribution in [3.05, 3.63) is 71.8 Å². The highest BCUT2D eigenvalue weighted by Crippen LogP contribution is 2.27. The number of hydrogen-bond donors (Lipinski definition) is 0. The third-order valence-electron chi connectivity index (χ3n) is 5.18. The molecule has 1 aliphatic heterocycles. The maximum Gasteiger partial charge on any atom is 0.185 e. The van der Waals surface area contributed by atoms with Crippen LogP contribution in [0.1, 0.15) is 35.2 Å². The number of allylic oxidation sites excluding steroid dienone is 1. The van der Waals surface area contributed by atoms with Crippen molar-refractivity contribution >= 4 is 28.6 Å². The van der Waals surface area contributed by atoms with Crippen LogP contribution in [-0.2, 0) is 0 Å². The second-order valence-electron chi connectivity index (χ2n) is 7.07. The number of nitrogens with zero attached hydrogens (tertiary/aromatic N) is 2. The molecule has 0 bridgehead atoms. The van der Waals surface area contributed by atoms with Crippen molar-refractivity contribution in [2.75, 3.05) is 25.1 Å². The molecule has 0 saturated carbocycles. The zero-order chi connectivity index (χ0) is 19.3. The number of carbonyl (C=O) groups excluding carboxylic acids is 1. The lowest BCUT2D eigenvalue weighted by Crippen LogP contribution is -2.30. The van der Waals surface area contributed by atoms with Crippen LogP contribution in [0.2, 0.25) is 0 Å². The van der Waals surface area contributed by atoms with Crippen LogP contribution in [0.15, 0.2) is 60.7 Å². The quantitative estimate of drug-likeness (QED) is 0.460. The normalized spacial score (nSPS) is 14.5. The molecule has 0 spiro atoms. The number of para-hydroxylation sites is 1. The molecule has 4 rings (SSSR count). The molecular weight excluding hydrogens is 348 g/mol. The van der Waals surface area contributed by atoms with Crippen LogP contribution in [-0.4, -0.2) is 31.0 Å². The molecule has 28 heavy (non-hydrogen) atoms. The van der Waals surface area contributed by atoms with E-state index in [1.54, 1.807) is 37.5 Å². The number of carbonyl (C=O) groups is 1. The molecule has 4 nitrogen and oxygen atoms in total. The van der Waals surface area contributed by atoms with Gasteiger partial charge < -0.3 is 9.64 Å². The number of aromatic nitrogens is 1. The van der Waals surface area contributed by atoms with Crippen molar-refractivity contribution in [2.24, 2.45) is 0 Å². The van der Waals surface area contributed by atoms with Gasteiger partial charge in [-0.3, -0.25) is 4.79 Å². The minimum Gasteiger partial charge on any atom is -0.497 e. The third-order valence-corrected chi connectivity index (χ3v) is 5.18. The summed E-state index contributed by atoms with van der Waals surface area (Å²) in [5, 5.41) is 1.08. The Hall–Kier alpha value is -3.14. The van der Waals surface area contributed by atoms with Crippen LogP contribution in [0.5, 0.6) is 5.75 Å². The predicted octanol–water partition coefficient (Wildman–Crippen LogP) is 5.13. The first-order chi connectivity index (χ1) is 13.7. The van der Waals surface area contributed by atoms with Gasteiger partial charge in [0.25, 0.3) is 0 Å². The second kappa shape index (κ2) is 8.26. The standard InChI is InChI=1S/C24H24N2O2/c1-28-21-12-9-18(10-13-21)23(27)14-11-20-17-19-7-3-4-8-22(19)25-24(20)26-15-5-2-6-16-26/h3-4,7-14,17H,2,5-6,15-16H2,1H3/b14-11+. The van der Waals surface area contributed by atoms with Gasteiger partial charge >= 0.3 is 0 Å². The molecule has 2 heterocycles. The molecule has 1 aliphatic rings. The summed E-state index contributed by atoms with van der Waals surface area (Å²) in [6.45, 7) is 2.03. The van der Waals surface area contributed by atoms with Gasteiger partial charge in [0.2, 0.25) is 0 Å². The van der Waals surface area contributed by atoms with Gasteiger partial charge in [0.1, 0.15) is 11.6 Å². The maximum absolute atomic E-state index is 12.6. The summed E-state index contributed by atoms with van der Waals surface area (Å²) < 4.78 is 5.16. The molecule has 0 atom stereocenters. The lowest BCUT2D eigenvalue weighted by molar-refractivity contribution is 0.104. The number of hydrogen-bond acceptors (Lipinski definition) is 4. The summed E-state index contributed by atoms with van der Waals surface area (Å²) in [7, 11) is 1.62. The largest absolute Gasteiger partial charge is 0.497 e. The molecule has 0 radical (unpaired) electrons. The monoisotopic (exact) mass is 372 g/mol. The van der Waals surface area contributed by atoms with Crippen LogP contribution in [0.3, 0.4) is 0 Å². The van der Waals surface area contributed by atoms with Crippen molar-refractivity contribution < 1.29 is 9.53 Å². The van der Waals surface area contributed by atoms with Crippen molar-refractivity contribution in [1.29, 1.82) is 0 Å². The van der Waals surface area contributed by atoms with Gasteiger partial charge in [-0.05, 0) is 67.8 Å². The number of piperidine rings is 1. The number of ketones is 1. The summed E-state index contributed by atoms with van der Waals surface area (Å²) in [5.41, 5.74) is 2.62. The fourth-order valence-electron chi connectivity index (χ4n) is 3.62. The number of methoxy groups -OCH3 is 1. The molecule has 0 N–H and O–H groups in total.